The average molecular weight is 350 g/mol. The molecule has 5 heteroatoms. The first kappa shape index (κ1) is 17.7. The molecule has 0 aliphatic rings. The van der Waals surface area contributed by atoms with E-state index in [-0.39, 0.29) is 5.91 Å². The van der Waals surface area contributed by atoms with Crippen molar-refractivity contribution in [1.29, 1.82) is 0 Å². The largest absolute Gasteiger partial charge is 0.497 e. The first-order chi connectivity index (χ1) is 12.5. The summed E-state index contributed by atoms with van der Waals surface area (Å²) in [6.07, 6.45) is 3.47. The summed E-state index contributed by atoms with van der Waals surface area (Å²) < 4.78 is 10.5. The average Bonchev–Trinajstić information content (AvgIpc) is 2.67. The maximum atomic E-state index is 12.7. The summed E-state index contributed by atoms with van der Waals surface area (Å²) in [4.78, 5) is 17.0. The highest BCUT2D eigenvalue weighted by molar-refractivity contribution is 6.09. The first-order valence-corrected chi connectivity index (χ1v) is 8.44. The molecule has 0 aliphatic heterocycles. The lowest BCUT2D eigenvalue weighted by Gasteiger charge is -2.12. The second-order valence-corrected chi connectivity index (χ2v) is 6.38. The number of amides is 1. The summed E-state index contributed by atoms with van der Waals surface area (Å²) in [6, 6.07) is 11.3. The number of carbonyl (C=O) groups excluding carboxylic acids is 1. The van der Waals surface area contributed by atoms with E-state index in [2.05, 4.69) is 36.3 Å². The van der Waals surface area contributed by atoms with Crippen molar-refractivity contribution < 1.29 is 14.3 Å². The molecule has 1 heterocycles. The zero-order valence-corrected chi connectivity index (χ0v) is 15.4. The van der Waals surface area contributed by atoms with E-state index in [1.807, 2.05) is 12.3 Å². The fourth-order valence-electron chi connectivity index (χ4n) is 2.79. The van der Waals surface area contributed by atoms with Crippen molar-refractivity contribution in [2.24, 2.45) is 0 Å². The van der Waals surface area contributed by atoms with Gasteiger partial charge in [-0.15, -0.1) is 0 Å². The second-order valence-electron chi connectivity index (χ2n) is 6.38. The Balaban J connectivity index is 1.95. The van der Waals surface area contributed by atoms with E-state index < -0.39 is 0 Å². The van der Waals surface area contributed by atoms with Crippen LogP contribution in [-0.4, -0.2) is 25.1 Å². The number of hydrogen-bond acceptors (Lipinski definition) is 4. The van der Waals surface area contributed by atoms with Gasteiger partial charge in [0.05, 0.1) is 26.1 Å². The summed E-state index contributed by atoms with van der Waals surface area (Å²) in [5.41, 5.74) is 2.36. The number of ether oxygens (including phenoxy) is 2. The second kappa shape index (κ2) is 7.44. The lowest BCUT2D eigenvalue weighted by atomic mass is 10.00. The molecule has 0 fully saturated rings. The molecule has 0 bridgehead atoms. The molecule has 0 saturated heterocycles. The third-order valence-corrected chi connectivity index (χ3v) is 4.31. The molecule has 1 aromatic heterocycles. The predicted molar refractivity (Wildman–Crippen MR) is 103 cm³/mol. The third-order valence-electron chi connectivity index (χ3n) is 4.31. The maximum Gasteiger partial charge on any atom is 0.255 e. The van der Waals surface area contributed by atoms with Gasteiger partial charge in [-0.25, -0.2) is 0 Å². The van der Waals surface area contributed by atoms with Crippen LogP contribution in [0.3, 0.4) is 0 Å². The fourth-order valence-corrected chi connectivity index (χ4v) is 2.79. The molecule has 3 rings (SSSR count). The van der Waals surface area contributed by atoms with Crippen molar-refractivity contribution in [3.05, 3.63) is 59.9 Å². The van der Waals surface area contributed by atoms with Crippen LogP contribution in [-0.2, 0) is 0 Å². The molecule has 0 unspecified atom stereocenters. The van der Waals surface area contributed by atoms with Gasteiger partial charge >= 0.3 is 0 Å². The fraction of sp³-hybridized carbons (Fsp3) is 0.238. The van der Waals surface area contributed by atoms with E-state index in [1.54, 1.807) is 38.6 Å². The lowest BCUT2D eigenvalue weighted by Crippen LogP contribution is -2.12. The molecular weight excluding hydrogens is 328 g/mol. The van der Waals surface area contributed by atoms with Crippen molar-refractivity contribution in [2.75, 3.05) is 19.5 Å². The Morgan fingerprint density at radius 3 is 2.31 bits per heavy atom. The van der Waals surface area contributed by atoms with Crippen molar-refractivity contribution in [1.82, 2.24) is 4.98 Å². The van der Waals surface area contributed by atoms with Crippen LogP contribution in [0.2, 0.25) is 0 Å². The van der Waals surface area contributed by atoms with Crippen molar-refractivity contribution >= 4 is 22.4 Å². The molecule has 1 amide bonds. The highest BCUT2D eigenvalue weighted by atomic mass is 16.5. The number of aromatic nitrogens is 1. The number of carbonyl (C=O) groups is 1. The molecule has 0 atom stereocenters. The topological polar surface area (TPSA) is 60.5 Å². The summed E-state index contributed by atoms with van der Waals surface area (Å²) >= 11 is 0. The number of anilines is 1. The normalized spacial score (nSPS) is 10.8. The van der Waals surface area contributed by atoms with E-state index in [0.29, 0.717) is 28.7 Å². The number of fused-ring (bicyclic) bond motifs is 1. The minimum atomic E-state index is -0.246. The Bertz CT molecular complexity index is 929. The molecule has 1 N–H and O–H groups in total. The minimum Gasteiger partial charge on any atom is -0.497 e. The Morgan fingerprint density at radius 1 is 1.00 bits per heavy atom. The number of nitrogens with zero attached hydrogens (tertiary/aromatic N) is 1. The molecular formula is C21H22N2O3. The first-order valence-electron chi connectivity index (χ1n) is 8.44. The molecule has 26 heavy (non-hydrogen) atoms. The number of hydrogen-bond donors (Lipinski definition) is 1. The lowest BCUT2D eigenvalue weighted by molar-refractivity contribution is 0.102. The summed E-state index contributed by atoms with van der Waals surface area (Å²) in [5, 5.41) is 4.89. The van der Waals surface area contributed by atoms with Crippen molar-refractivity contribution in [3.63, 3.8) is 0 Å². The monoisotopic (exact) mass is 350 g/mol. The minimum absolute atomic E-state index is 0.246. The highest BCUT2D eigenvalue weighted by Gasteiger charge is 2.12. The van der Waals surface area contributed by atoms with Crippen LogP contribution in [0.1, 0.15) is 35.7 Å². The predicted octanol–water partition coefficient (Wildman–Crippen LogP) is 4.63. The van der Waals surface area contributed by atoms with Gasteiger partial charge in [0.2, 0.25) is 0 Å². The zero-order chi connectivity index (χ0) is 18.7. The summed E-state index contributed by atoms with van der Waals surface area (Å²) in [5.74, 6) is 1.31. The zero-order valence-electron chi connectivity index (χ0n) is 15.4. The molecule has 0 spiro atoms. The van der Waals surface area contributed by atoms with E-state index in [1.165, 1.54) is 5.56 Å². The molecule has 0 aliphatic carbocycles. The van der Waals surface area contributed by atoms with Gasteiger partial charge in [0.25, 0.3) is 5.91 Å². The van der Waals surface area contributed by atoms with Gasteiger partial charge in [-0.2, -0.15) is 0 Å². The molecule has 134 valence electrons. The Labute approximate surface area is 153 Å². The number of pyridine rings is 1. The van der Waals surface area contributed by atoms with Gasteiger partial charge in [-0.3, -0.25) is 9.78 Å². The van der Waals surface area contributed by atoms with E-state index in [9.17, 15) is 4.79 Å². The molecule has 5 nitrogen and oxygen atoms in total. The molecule has 0 saturated carbocycles. The van der Waals surface area contributed by atoms with E-state index in [0.717, 1.165) is 10.8 Å². The number of benzene rings is 2. The van der Waals surface area contributed by atoms with Crippen LogP contribution in [0.4, 0.5) is 5.69 Å². The van der Waals surface area contributed by atoms with Crippen LogP contribution >= 0.6 is 0 Å². The Hall–Kier alpha value is -3.08. The van der Waals surface area contributed by atoms with Crippen molar-refractivity contribution in [3.8, 4) is 11.5 Å². The summed E-state index contributed by atoms with van der Waals surface area (Å²) in [6.45, 7) is 4.30. The van der Waals surface area contributed by atoms with Crippen LogP contribution in [0.15, 0.2) is 48.8 Å². The van der Waals surface area contributed by atoms with Crippen LogP contribution in [0.25, 0.3) is 10.8 Å². The number of rotatable bonds is 5. The molecule has 2 aromatic carbocycles. The molecule has 3 aromatic rings. The van der Waals surface area contributed by atoms with Gasteiger partial charge in [-0.1, -0.05) is 26.0 Å². The van der Waals surface area contributed by atoms with Crippen LogP contribution in [0.5, 0.6) is 11.5 Å². The SMILES string of the molecule is COc1cc(OC)cc(C(=O)Nc2cncc3cc(C(C)C)ccc23)c1. The third kappa shape index (κ3) is 3.61. The number of methoxy groups -OCH3 is 2. The molecule has 0 radical (unpaired) electrons. The van der Waals surface area contributed by atoms with Gasteiger partial charge in [0.15, 0.2) is 0 Å². The van der Waals surface area contributed by atoms with Crippen molar-refractivity contribution in [2.45, 2.75) is 19.8 Å². The van der Waals surface area contributed by atoms with Crippen LogP contribution < -0.4 is 14.8 Å². The maximum absolute atomic E-state index is 12.7. The van der Waals surface area contributed by atoms with Crippen LogP contribution in [0, 0.1) is 0 Å². The van der Waals surface area contributed by atoms with Gasteiger partial charge < -0.3 is 14.8 Å². The Kier molecular flexibility index (Phi) is 5.07. The van der Waals surface area contributed by atoms with E-state index in [4.69, 9.17) is 9.47 Å². The quantitative estimate of drug-likeness (QED) is 0.729. The van der Waals surface area contributed by atoms with E-state index >= 15 is 0 Å². The highest BCUT2D eigenvalue weighted by Crippen LogP contribution is 2.27. The van der Waals surface area contributed by atoms with Gasteiger partial charge in [0.1, 0.15) is 11.5 Å². The number of nitrogens with one attached hydrogen (secondary N) is 1. The summed E-state index contributed by atoms with van der Waals surface area (Å²) in [7, 11) is 3.11. The van der Waals surface area contributed by atoms with Gasteiger partial charge in [0, 0.05) is 28.6 Å². The smallest absolute Gasteiger partial charge is 0.255 e. The van der Waals surface area contributed by atoms with Gasteiger partial charge in [-0.05, 0) is 29.7 Å². The Morgan fingerprint density at radius 2 is 1.69 bits per heavy atom. The standard InChI is InChI=1S/C21H22N2O3/c1-13(2)14-5-6-19-16(7-14)11-22-12-20(19)23-21(24)15-8-17(25-3)10-18(9-15)26-4/h5-13H,1-4H3,(H,23,24).